The van der Waals surface area contributed by atoms with Gasteiger partial charge >= 0.3 is 0 Å². The second-order valence-corrected chi connectivity index (χ2v) is 5.44. The van der Waals surface area contributed by atoms with Crippen molar-refractivity contribution in [3.05, 3.63) is 66.0 Å². The Labute approximate surface area is 145 Å². The number of nitrogens with one attached hydrogen (secondary N) is 1. The van der Waals surface area contributed by atoms with Gasteiger partial charge in [-0.3, -0.25) is 4.79 Å². The lowest BCUT2D eigenvalue weighted by Crippen LogP contribution is -2.20. The van der Waals surface area contributed by atoms with Crippen LogP contribution in [0.2, 0.25) is 0 Å². The molecule has 0 radical (unpaired) electrons. The standard InChI is InChI=1S/C18H19N5O2/c1-2-14-7-6-8-15(11-14)19-18(24)12-23-21-17(20-22-23)13-25-16-9-4-3-5-10-16/h3-11H,2,12-13H2,1H3,(H,19,24). The number of aromatic nitrogens is 4. The molecule has 7 heteroatoms. The van der Waals surface area contributed by atoms with E-state index in [-0.39, 0.29) is 19.1 Å². The van der Waals surface area contributed by atoms with Crippen LogP contribution in [0.5, 0.6) is 5.75 Å². The lowest BCUT2D eigenvalue weighted by atomic mass is 10.1. The fourth-order valence-corrected chi connectivity index (χ4v) is 2.26. The van der Waals surface area contributed by atoms with E-state index < -0.39 is 0 Å². The number of hydrogen-bond donors (Lipinski definition) is 1. The van der Waals surface area contributed by atoms with E-state index >= 15 is 0 Å². The van der Waals surface area contributed by atoms with E-state index in [1.165, 1.54) is 4.80 Å². The molecule has 0 spiro atoms. The van der Waals surface area contributed by atoms with Gasteiger partial charge in [0, 0.05) is 5.69 Å². The van der Waals surface area contributed by atoms with Gasteiger partial charge in [0.1, 0.15) is 12.3 Å². The summed E-state index contributed by atoms with van der Waals surface area (Å²) in [5.41, 5.74) is 1.93. The van der Waals surface area contributed by atoms with Crippen LogP contribution in [0, 0.1) is 0 Å². The van der Waals surface area contributed by atoms with E-state index in [1.807, 2.05) is 54.6 Å². The maximum atomic E-state index is 12.1. The highest BCUT2D eigenvalue weighted by atomic mass is 16.5. The predicted molar refractivity (Wildman–Crippen MR) is 93.0 cm³/mol. The van der Waals surface area contributed by atoms with Crippen LogP contribution in [0.25, 0.3) is 0 Å². The molecule has 0 aliphatic rings. The van der Waals surface area contributed by atoms with Crippen molar-refractivity contribution in [1.82, 2.24) is 20.2 Å². The summed E-state index contributed by atoms with van der Waals surface area (Å²) in [6.07, 6.45) is 0.916. The van der Waals surface area contributed by atoms with Gasteiger partial charge in [-0.1, -0.05) is 37.3 Å². The minimum absolute atomic E-state index is 0.00527. The Morgan fingerprint density at radius 3 is 2.80 bits per heavy atom. The smallest absolute Gasteiger partial charge is 0.248 e. The van der Waals surface area contributed by atoms with Gasteiger partial charge in [-0.2, -0.15) is 4.80 Å². The monoisotopic (exact) mass is 337 g/mol. The van der Waals surface area contributed by atoms with Crippen LogP contribution in [-0.4, -0.2) is 26.1 Å². The summed E-state index contributed by atoms with van der Waals surface area (Å²) in [4.78, 5) is 13.4. The number of hydrogen-bond acceptors (Lipinski definition) is 5. The molecule has 0 unspecified atom stereocenters. The van der Waals surface area contributed by atoms with E-state index in [1.54, 1.807) is 0 Å². The highest BCUT2D eigenvalue weighted by Gasteiger charge is 2.09. The van der Waals surface area contributed by atoms with Crippen molar-refractivity contribution in [2.24, 2.45) is 0 Å². The molecule has 1 amide bonds. The van der Waals surface area contributed by atoms with Crippen molar-refractivity contribution in [1.29, 1.82) is 0 Å². The molecule has 0 aliphatic carbocycles. The Hall–Kier alpha value is -3.22. The normalized spacial score (nSPS) is 10.4. The summed E-state index contributed by atoms with van der Waals surface area (Å²) >= 11 is 0. The van der Waals surface area contributed by atoms with Gasteiger partial charge in [-0.05, 0) is 41.5 Å². The Bertz CT molecular complexity index is 832. The van der Waals surface area contributed by atoms with Gasteiger partial charge in [0.25, 0.3) is 0 Å². The van der Waals surface area contributed by atoms with Crippen LogP contribution in [0.1, 0.15) is 18.3 Å². The number of benzene rings is 2. The second kappa shape index (κ2) is 8.05. The molecule has 1 heterocycles. The number of tetrazole rings is 1. The Morgan fingerprint density at radius 2 is 2.00 bits per heavy atom. The molecule has 25 heavy (non-hydrogen) atoms. The number of para-hydroxylation sites is 1. The second-order valence-electron chi connectivity index (χ2n) is 5.44. The number of ether oxygens (including phenoxy) is 1. The number of amides is 1. The van der Waals surface area contributed by atoms with Crippen LogP contribution < -0.4 is 10.1 Å². The number of aryl methyl sites for hydroxylation is 1. The molecule has 0 bridgehead atoms. The van der Waals surface area contributed by atoms with E-state index in [0.717, 1.165) is 23.4 Å². The van der Waals surface area contributed by atoms with Crippen molar-refractivity contribution in [2.45, 2.75) is 26.5 Å². The third-order valence-electron chi connectivity index (χ3n) is 3.51. The molecule has 0 fully saturated rings. The minimum atomic E-state index is -0.207. The summed E-state index contributed by atoms with van der Waals surface area (Å²) in [7, 11) is 0. The zero-order chi connectivity index (χ0) is 17.5. The van der Waals surface area contributed by atoms with E-state index in [9.17, 15) is 4.79 Å². The highest BCUT2D eigenvalue weighted by molar-refractivity contribution is 5.90. The number of carbonyl (C=O) groups excluding carboxylic acids is 1. The lowest BCUT2D eigenvalue weighted by molar-refractivity contribution is -0.117. The fraction of sp³-hybridized carbons (Fsp3) is 0.222. The SMILES string of the molecule is CCc1cccc(NC(=O)Cn2nnc(COc3ccccc3)n2)c1. The Balaban J connectivity index is 1.52. The predicted octanol–water partition coefficient (Wildman–Crippen LogP) is 2.45. The number of anilines is 1. The van der Waals surface area contributed by atoms with Crippen LogP contribution in [0.3, 0.4) is 0 Å². The van der Waals surface area contributed by atoms with Gasteiger partial charge < -0.3 is 10.1 Å². The number of nitrogens with zero attached hydrogens (tertiary/aromatic N) is 4. The zero-order valence-electron chi connectivity index (χ0n) is 13.9. The molecule has 1 aromatic heterocycles. The molecular formula is C18H19N5O2. The van der Waals surface area contributed by atoms with Gasteiger partial charge in [-0.15, -0.1) is 10.2 Å². The minimum Gasteiger partial charge on any atom is -0.485 e. The summed E-state index contributed by atoms with van der Waals surface area (Å²) < 4.78 is 5.55. The molecule has 2 aromatic carbocycles. The van der Waals surface area contributed by atoms with Crippen LogP contribution in [0.15, 0.2) is 54.6 Å². The third-order valence-corrected chi connectivity index (χ3v) is 3.51. The van der Waals surface area contributed by atoms with Crippen molar-refractivity contribution < 1.29 is 9.53 Å². The molecule has 0 saturated heterocycles. The van der Waals surface area contributed by atoms with Gasteiger partial charge in [-0.25, -0.2) is 0 Å². The quantitative estimate of drug-likeness (QED) is 0.716. The molecule has 3 rings (SSSR count). The average Bonchev–Trinajstić information content (AvgIpc) is 3.08. The van der Waals surface area contributed by atoms with Gasteiger partial charge in [0.15, 0.2) is 6.61 Å². The van der Waals surface area contributed by atoms with E-state index in [0.29, 0.717) is 5.82 Å². The maximum absolute atomic E-state index is 12.1. The number of carbonyl (C=O) groups is 1. The van der Waals surface area contributed by atoms with Crippen molar-refractivity contribution in [3.8, 4) is 5.75 Å². The van der Waals surface area contributed by atoms with E-state index in [4.69, 9.17) is 4.74 Å². The van der Waals surface area contributed by atoms with Crippen LogP contribution in [-0.2, 0) is 24.4 Å². The average molecular weight is 337 g/mol. The van der Waals surface area contributed by atoms with Crippen LogP contribution in [0.4, 0.5) is 5.69 Å². The summed E-state index contributed by atoms with van der Waals surface area (Å²) in [5, 5.41) is 14.8. The maximum Gasteiger partial charge on any atom is 0.248 e. The Morgan fingerprint density at radius 1 is 1.16 bits per heavy atom. The first kappa shape index (κ1) is 16.6. The molecule has 0 atom stereocenters. The molecule has 1 N–H and O–H groups in total. The molecule has 7 nitrogen and oxygen atoms in total. The summed E-state index contributed by atoms with van der Waals surface area (Å²) in [6, 6.07) is 17.1. The molecule has 0 aliphatic heterocycles. The summed E-state index contributed by atoms with van der Waals surface area (Å²) in [6.45, 7) is 2.26. The first-order chi connectivity index (χ1) is 12.2. The van der Waals surface area contributed by atoms with Gasteiger partial charge in [0.05, 0.1) is 0 Å². The zero-order valence-corrected chi connectivity index (χ0v) is 13.9. The van der Waals surface area contributed by atoms with Gasteiger partial charge in [0.2, 0.25) is 11.7 Å². The largest absolute Gasteiger partial charge is 0.485 e. The first-order valence-electron chi connectivity index (χ1n) is 8.06. The molecular weight excluding hydrogens is 318 g/mol. The molecule has 3 aromatic rings. The fourth-order valence-electron chi connectivity index (χ4n) is 2.26. The van der Waals surface area contributed by atoms with Crippen molar-refractivity contribution >= 4 is 11.6 Å². The molecule has 0 saturated carbocycles. The van der Waals surface area contributed by atoms with Crippen molar-refractivity contribution in [2.75, 3.05) is 5.32 Å². The van der Waals surface area contributed by atoms with E-state index in [2.05, 4.69) is 27.7 Å². The summed E-state index contributed by atoms with van der Waals surface area (Å²) in [5.74, 6) is 0.943. The first-order valence-corrected chi connectivity index (χ1v) is 8.06. The third kappa shape index (κ3) is 4.87. The van der Waals surface area contributed by atoms with Crippen molar-refractivity contribution in [3.63, 3.8) is 0 Å². The topological polar surface area (TPSA) is 81.9 Å². The number of rotatable bonds is 7. The van der Waals surface area contributed by atoms with Crippen LogP contribution >= 0.6 is 0 Å². The highest BCUT2D eigenvalue weighted by Crippen LogP contribution is 2.11. The lowest BCUT2D eigenvalue weighted by Gasteiger charge is -2.06. The Kier molecular flexibility index (Phi) is 5.36. The molecule has 128 valence electrons.